The average Bonchev–Trinajstić information content (AvgIpc) is 3.31. The van der Waals surface area contributed by atoms with E-state index in [0.717, 1.165) is 6.07 Å². The van der Waals surface area contributed by atoms with Gasteiger partial charge in [0.1, 0.15) is 4.90 Å². The van der Waals surface area contributed by atoms with Crippen LogP contribution in [0.1, 0.15) is 23.0 Å². The van der Waals surface area contributed by atoms with E-state index in [1.165, 1.54) is 48.9 Å². The van der Waals surface area contributed by atoms with E-state index >= 15 is 0 Å². The van der Waals surface area contributed by atoms with E-state index in [0.29, 0.717) is 5.56 Å². The van der Waals surface area contributed by atoms with Gasteiger partial charge in [-0.1, -0.05) is 6.07 Å². The summed E-state index contributed by atoms with van der Waals surface area (Å²) in [4.78, 5) is 21.7. The molecule has 1 aromatic heterocycles. The number of ether oxygens (including phenoxy) is 1. The fraction of sp³-hybridized carbons (Fsp3) is 0.100. The molecular weight excluding hydrogens is 522 g/mol. The molecular formula is C20H16BrN3O8S. The van der Waals surface area contributed by atoms with Crippen molar-refractivity contribution in [1.82, 2.24) is 5.43 Å². The third kappa shape index (κ3) is 5.96. The van der Waals surface area contributed by atoms with Crippen LogP contribution in [0.5, 0.6) is 11.5 Å². The normalized spacial score (nSPS) is 11.3. The minimum Gasteiger partial charge on any atom is -0.490 e. The van der Waals surface area contributed by atoms with Crippen LogP contribution in [0, 0.1) is 10.1 Å². The molecule has 0 atom stereocenters. The summed E-state index contributed by atoms with van der Waals surface area (Å²) in [7, 11) is -4.41. The summed E-state index contributed by atoms with van der Waals surface area (Å²) in [6.45, 7) is 1.88. The van der Waals surface area contributed by atoms with Gasteiger partial charge in [-0.2, -0.15) is 13.5 Å². The SMILES string of the molecule is CCOc1cc(/C=N\NC(=O)c2ccco2)cc(Br)c1OS(=O)(=O)c1cccc([N+](=O)[O-])c1. The third-order valence-corrected chi connectivity index (χ3v) is 5.77. The Morgan fingerprint density at radius 3 is 2.73 bits per heavy atom. The number of amides is 1. The third-order valence-electron chi connectivity index (χ3n) is 3.97. The van der Waals surface area contributed by atoms with Crippen LogP contribution in [0.15, 0.2) is 73.7 Å². The Hall–Kier alpha value is -3.71. The van der Waals surface area contributed by atoms with Crippen LogP contribution in [0.4, 0.5) is 5.69 Å². The molecule has 0 fully saturated rings. The predicted octanol–water partition coefficient (Wildman–Crippen LogP) is 3.88. The smallest absolute Gasteiger partial charge is 0.339 e. The van der Waals surface area contributed by atoms with E-state index in [9.17, 15) is 23.3 Å². The number of furan rings is 1. The van der Waals surface area contributed by atoms with Crippen molar-refractivity contribution in [2.75, 3.05) is 6.61 Å². The zero-order chi connectivity index (χ0) is 24.0. The minimum atomic E-state index is -4.41. The van der Waals surface area contributed by atoms with Crippen LogP contribution >= 0.6 is 15.9 Å². The van der Waals surface area contributed by atoms with Crippen molar-refractivity contribution in [3.8, 4) is 11.5 Å². The van der Waals surface area contributed by atoms with E-state index in [1.54, 1.807) is 13.0 Å². The lowest BCUT2D eigenvalue weighted by atomic mass is 10.2. The number of halogens is 1. The van der Waals surface area contributed by atoms with Crippen LogP contribution < -0.4 is 14.3 Å². The molecule has 172 valence electrons. The van der Waals surface area contributed by atoms with Crippen molar-refractivity contribution in [1.29, 1.82) is 0 Å². The van der Waals surface area contributed by atoms with Gasteiger partial charge in [-0.15, -0.1) is 0 Å². The maximum Gasteiger partial charge on any atom is 0.339 e. The summed E-state index contributed by atoms with van der Waals surface area (Å²) >= 11 is 3.24. The molecule has 0 saturated carbocycles. The van der Waals surface area contributed by atoms with Crippen LogP contribution in [0.3, 0.4) is 0 Å². The lowest BCUT2D eigenvalue weighted by molar-refractivity contribution is -0.385. The van der Waals surface area contributed by atoms with Crippen LogP contribution in [-0.4, -0.2) is 32.1 Å². The number of nitro benzene ring substituents is 1. The number of nitro groups is 1. The van der Waals surface area contributed by atoms with Gasteiger partial charge >= 0.3 is 16.0 Å². The molecule has 13 heteroatoms. The first-order valence-electron chi connectivity index (χ1n) is 9.23. The summed E-state index contributed by atoms with van der Waals surface area (Å²) < 4.78 is 41.4. The molecule has 1 amide bonds. The number of non-ortho nitro benzene ring substituents is 1. The Morgan fingerprint density at radius 1 is 1.27 bits per heavy atom. The molecule has 3 aromatic rings. The Morgan fingerprint density at radius 2 is 2.06 bits per heavy atom. The van der Waals surface area contributed by atoms with E-state index < -0.39 is 31.5 Å². The zero-order valence-corrected chi connectivity index (χ0v) is 19.3. The highest BCUT2D eigenvalue weighted by molar-refractivity contribution is 9.10. The molecule has 0 aliphatic rings. The standard InChI is InChI=1S/C20H16BrN3O8S/c1-2-30-18-10-13(12-22-23-20(25)17-7-4-8-31-17)9-16(21)19(18)32-33(28,29)15-6-3-5-14(11-15)24(26)27/h3-12H,2H2,1H3,(H,23,25)/b22-12-. The summed E-state index contributed by atoms with van der Waals surface area (Å²) in [5.41, 5.74) is 2.34. The number of hydrogen-bond acceptors (Lipinski definition) is 9. The monoisotopic (exact) mass is 537 g/mol. The number of rotatable bonds is 9. The van der Waals surface area contributed by atoms with E-state index in [-0.39, 0.29) is 28.3 Å². The van der Waals surface area contributed by atoms with Gasteiger partial charge in [-0.05, 0) is 58.7 Å². The van der Waals surface area contributed by atoms with Gasteiger partial charge in [0.05, 0.1) is 28.5 Å². The van der Waals surface area contributed by atoms with E-state index in [1.807, 2.05) is 0 Å². The highest BCUT2D eigenvalue weighted by Crippen LogP contribution is 2.38. The first-order chi connectivity index (χ1) is 15.7. The topological polar surface area (TPSA) is 150 Å². The maximum absolute atomic E-state index is 12.7. The molecule has 3 rings (SSSR count). The minimum absolute atomic E-state index is 0.0692. The number of nitrogens with one attached hydrogen (secondary N) is 1. The Balaban J connectivity index is 1.86. The fourth-order valence-corrected chi connectivity index (χ4v) is 4.19. The second kappa shape index (κ2) is 10.3. The number of hydrazone groups is 1. The van der Waals surface area contributed by atoms with Crippen molar-refractivity contribution in [2.45, 2.75) is 11.8 Å². The molecule has 0 unspecified atom stereocenters. The number of benzene rings is 2. The molecule has 1 N–H and O–H groups in total. The van der Waals surface area contributed by atoms with Gasteiger partial charge in [-0.3, -0.25) is 14.9 Å². The fourth-order valence-electron chi connectivity index (χ4n) is 2.54. The lowest BCUT2D eigenvalue weighted by Crippen LogP contribution is -2.16. The van der Waals surface area contributed by atoms with Gasteiger partial charge in [0.25, 0.3) is 5.69 Å². The lowest BCUT2D eigenvalue weighted by Gasteiger charge is -2.14. The van der Waals surface area contributed by atoms with E-state index in [2.05, 4.69) is 26.5 Å². The Bertz CT molecular complexity index is 1310. The largest absolute Gasteiger partial charge is 0.490 e. The molecule has 0 spiro atoms. The van der Waals surface area contributed by atoms with Gasteiger partial charge in [0.2, 0.25) is 0 Å². The van der Waals surface area contributed by atoms with E-state index in [4.69, 9.17) is 13.3 Å². The molecule has 0 aliphatic heterocycles. The van der Waals surface area contributed by atoms with Crippen molar-refractivity contribution >= 4 is 43.9 Å². The number of nitrogens with zero attached hydrogens (tertiary/aromatic N) is 2. The molecule has 0 aliphatic carbocycles. The van der Waals surface area contributed by atoms with Crippen LogP contribution in [0.25, 0.3) is 0 Å². The highest BCUT2D eigenvalue weighted by atomic mass is 79.9. The molecule has 1 heterocycles. The van der Waals surface area contributed by atoms with Crippen molar-refractivity contribution in [2.24, 2.45) is 5.10 Å². The number of carbonyl (C=O) groups is 1. The van der Waals surface area contributed by atoms with Gasteiger partial charge < -0.3 is 13.3 Å². The maximum atomic E-state index is 12.7. The summed E-state index contributed by atoms with van der Waals surface area (Å²) in [5, 5.41) is 14.8. The first kappa shape index (κ1) is 23.9. The summed E-state index contributed by atoms with van der Waals surface area (Å²) in [6.07, 6.45) is 2.66. The van der Waals surface area contributed by atoms with Crippen molar-refractivity contribution < 1.29 is 31.5 Å². The summed E-state index contributed by atoms with van der Waals surface area (Å²) in [5.74, 6) is -0.554. The molecule has 0 bridgehead atoms. The quantitative estimate of drug-likeness (QED) is 0.187. The van der Waals surface area contributed by atoms with Crippen LogP contribution in [-0.2, 0) is 10.1 Å². The molecule has 33 heavy (non-hydrogen) atoms. The van der Waals surface area contributed by atoms with Crippen molar-refractivity contribution in [3.63, 3.8) is 0 Å². The Labute approximate surface area is 196 Å². The molecule has 0 saturated heterocycles. The summed E-state index contributed by atoms with van der Waals surface area (Å²) in [6, 6.07) is 10.5. The number of carbonyl (C=O) groups excluding carboxylic acids is 1. The van der Waals surface area contributed by atoms with Crippen LogP contribution in [0.2, 0.25) is 0 Å². The van der Waals surface area contributed by atoms with Crippen molar-refractivity contribution in [3.05, 3.63) is 80.7 Å². The van der Waals surface area contributed by atoms with Gasteiger partial charge in [-0.25, -0.2) is 5.43 Å². The zero-order valence-electron chi connectivity index (χ0n) is 16.9. The average molecular weight is 538 g/mol. The molecule has 0 radical (unpaired) electrons. The molecule has 2 aromatic carbocycles. The second-order valence-corrected chi connectivity index (χ2v) is 8.63. The highest BCUT2D eigenvalue weighted by Gasteiger charge is 2.24. The molecule has 11 nitrogen and oxygen atoms in total. The Kier molecular flexibility index (Phi) is 7.45. The number of hydrogen-bond donors (Lipinski definition) is 1. The predicted molar refractivity (Wildman–Crippen MR) is 120 cm³/mol. The van der Waals surface area contributed by atoms with Gasteiger partial charge in [0, 0.05) is 12.1 Å². The second-order valence-electron chi connectivity index (χ2n) is 6.23. The van der Waals surface area contributed by atoms with Gasteiger partial charge in [0.15, 0.2) is 17.3 Å². The first-order valence-corrected chi connectivity index (χ1v) is 11.4.